The fourth-order valence-electron chi connectivity index (χ4n) is 3.41. The Balaban J connectivity index is 2.01. The molecule has 1 aliphatic carbocycles. The molecular formula is C20H15NO3. The standard InChI is InChI=1S/C20H15NO3/c22-18-9-3-6-13-14(5-2-7-15(13)18)16-8-1-4-12-10-11-17(20(23)24)21-19(12)16/h1-2,4-5,7-8,10-11H,3,6,9H2,(H,23,24). The Kier molecular flexibility index (Phi) is 3.38. The van der Waals surface area contributed by atoms with Gasteiger partial charge < -0.3 is 5.11 Å². The highest BCUT2D eigenvalue weighted by Gasteiger charge is 2.21. The second kappa shape index (κ2) is 5.57. The number of carboxylic acids is 1. The number of carboxylic acid groups (broad SMARTS) is 1. The summed E-state index contributed by atoms with van der Waals surface area (Å²) in [5.41, 5.74) is 4.36. The molecule has 118 valence electrons. The van der Waals surface area contributed by atoms with Crippen molar-refractivity contribution in [2.45, 2.75) is 19.3 Å². The molecule has 0 aliphatic heterocycles. The van der Waals surface area contributed by atoms with Gasteiger partial charge in [-0.2, -0.15) is 0 Å². The molecule has 0 amide bonds. The van der Waals surface area contributed by atoms with E-state index in [0.717, 1.165) is 40.5 Å². The van der Waals surface area contributed by atoms with Crippen molar-refractivity contribution in [3.63, 3.8) is 0 Å². The van der Waals surface area contributed by atoms with E-state index in [0.29, 0.717) is 11.9 Å². The van der Waals surface area contributed by atoms with Gasteiger partial charge in [-0.1, -0.05) is 42.5 Å². The van der Waals surface area contributed by atoms with Crippen molar-refractivity contribution in [1.82, 2.24) is 4.98 Å². The number of ketones is 1. The van der Waals surface area contributed by atoms with Crippen LogP contribution in [0.25, 0.3) is 22.0 Å². The maximum absolute atomic E-state index is 12.2. The van der Waals surface area contributed by atoms with Crippen molar-refractivity contribution >= 4 is 22.7 Å². The zero-order chi connectivity index (χ0) is 16.7. The van der Waals surface area contributed by atoms with Crippen molar-refractivity contribution in [2.24, 2.45) is 0 Å². The molecule has 0 unspecified atom stereocenters. The lowest BCUT2D eigenvalue weighted by molar-refractivity contribution is 0.0690. The lowest BCUT2D eigenvalue weighted by atomic mass is 9.85. The Morgan fingerprint density at radius 2 is 1.67 bits per heavy atom. The van der Waals surface area contributed by atoms with E-state index in [1.165, 1.54) is 6.07 Å². The number of nitrogens with zero attached hydrogens (tertiary/aromatic N) is 1. The molecule has 2 aromatic carbocycles. The highest BCUT2D eigenvalue weighted by Crippen LogP contribution is 2.34. The van der Waals surface area contributed by atoms with Gasteiger partial charge in [-0.3, -0.25) is 4.79 Å². The third kappa shape index (κ3) is 2.27. The number of hydrogen-bond donors (Lipinski definition) is 1. The van der Waals surface area contributed by atoms with E-state index < -0.39 is 5.97 Å². The predicted octanol–water partition coefficient (Wildman–Crippen LogP) is 4.12. The first-order valence-corrected chi connectivity index (χ1v) is 7.93. The summed E-state index contributed by atoms with van der Waals surface area (Å²) in [4.78, 5) is 27.8. The molecule has 24 heavy (non-hydrogen) atoms. The maximum Gasteiger partial charge on any atom is 0.354 e. The van der Waals surface area contributed by atoms with Gasteiger partial charge in [0.05, 0.1) is 5.52 Å². The number of aromatic carboxylic acids is 1. The van der Waals surface area contributed by atoms with E-state index in [1.54, 1.807) is 6.07 Å². The number of hydrogen-bond acceptors (Lipinski definition) is 3. The second-order valence-electron chi connectivity index (χ2n) is 5.99. The number of carbonyl (C=O) groups is 2. The van der Waals surface area contributed by atoms with Crippen LogP contribution in [0.15, 0.2) is 48.5 Å². The molecule has 3 aromatic rings. The van der Waals surface area contributed by atoms with Gasteiger partial charge in [0.1, 0.15) is 5.69 Å². The predicted molar refractivity (Wildman–Crippen MR) is 91.4 cm³/mol. The molecule has 0 bridgehead atoms. The average Bonchev–Trinajstić information content (AvgIpc) is 2.61. The topological polar surface area (TPSA) is 67.3 Å². The van der Waals surface area contributed by atoms with Gasteiger partial charge in [0.25, 0.3) is 0 Å². The van der Waals surface area contributed by atoms with Crippen LogP contribution < -0.4 is 0 Å². The first-order valence-electron chi connectivity index (χ1n) is 7.93. The monoisotopic (exact) mass is 317 g/mol. The number of rotatable bonds is 2. The molecule has 4 heteroatoms. The molecule has 4 rings (SSSR count). The summed E-state index contributed by atoms with van der Waals surface area (Å²) >= 11 is 0. The van der Waals surface area contributed by atoms with E-state index in [-0.39, 0.29) is 11.5 Å². The molecule has 0 fully saturated rings. The fraction of sp³-hybridized carbons (Fsp3) is 0.150. The number of aromatic nitrogens is 1. The van der Waals surface area contributed by atoms with Crippen molar-refractivity contribution in [2.75, 3.05) is 0 Å². The lowest BCUT2D eigenvalue weighted by Crippen LogP contribution is -2.11. The average molecular weight is 317 g/mol. The maximum atomic E-state index is 12.2. The summed E-state index contributed by atoms with van der Waals surface area (Å²) < 4.78 is 0. The Morgan fingerprint density at radius 3 is 2.50 bits per heavy atom. The lowest BCUT2D eigenvalue weighted by Gasteiger charge is -2.19. The molecule has 0 spiro atoms. The zero-order valence-electron chi connectivity index (χ0n) is 13.0. The van der Waals surface area contributed by atoms with Crippen LogP contribution in [-0.4, -0.2) is 21.8 Å². The van der Waals surface area contributed by atoms with Gasteiger partial charge in [-0.25, -0.2) is 9.78 Å². The minimum absolute atomic E-state index is 0.0239. The van der Waals surface area contributed by atoms with Crippen molar-refractivity contribution < 1.29 is 14.7 Å². The number of Topliss-reactive ketones (excluding diaryl/α,β-unsaturated/α-hetero) is 1. The number of para-hydroxylation sites is 1. The van der Waals surface area contributed by atoms with Crippen LogP contribution >= 0.6 is 0 Å². The van der Waals surface area contributed by atoms with Crippen molar-refractivity contribution in [3.05, 3.63) is 65.4 Å². The van der Waals surface area contributed by atoms with Gasteiger partial charge in [-0.15, -0.1) is 0 Å². The Bertz CT molecular complexity index is 991. The van der Waals surface area contributed by atoms with Gasteiger partial charge in [0.15, 0.2) is 5.78 Å². The molecule has 0 atom stereocenters. The summed E-state index contributed by atoms with van der Waals surface area (Å²) in [7, 11) is 0. The van der Waals surface area contributed by atoms with Crippen LogP contribution in [0.2, 0.25) is 0 Å². The third-order valence-electron chi connectivity index (χ3n) is 4.54. The summed E-state index contributed by atoms with van der Waals surface area (Å²) in [5, 5.41) is 10.1. The third-order valence-corrected chi connectivity index (χ3v) is 4.54. The first kappa shape index (κ1) is 14.6. The van der Waals surface area contributed by atoms with Crippen molar-refractivity contribution in [1.29, 1.82) is 0 Å². The highest BCUT2D eigenvalue weighted by atomic mass is 16.4. The molecular weight excluding hydrogens is 302 g/mol. The van der Waals surface area contributed by atoms with Crippen molar-refractivity contribution in [3.8, 4) is 11.1 Å². The molecule has 0 radical (unpaired) electrons. The van der Waals surface area contributed by atoms with Crippen LogP contribution in [0.5, 0.6) is 0 Å². The van der Waals surface area contributed by atoms with E-state index in [2.05, 4.69) is 4.98 Å². The molecule has 1 heterocycles. The summed E-state index contributed by atoms with van der Waals surface area (Å²) in [6.45, 7) is 0. The first-order chi connectivity index (χ1) is 11.6. The molecule has 1 aromatic heterocycles. The molecule has 0 saturated carbocycles. The second-order valence-corrected chi connectivity index (χ2v) is 5.99. The highest BCUT2D eigenvalue weighted by molar-refractivity contribution is 6.03. The fourth-order valence-corrected chi connectivity index (χ4v) is 3.41. The minimum atomic E-state index is -1.04. The van der Waals surface area contributed by atoms with Crippen LogP contribution in [0, 0.1) is 0 Å². The van der Waals surface area contributed by atoms with Gasteiger partial charge in [-0.05, 0) is 30.0 Å². The largest absolute Gasteiger partial charge is 0.477 e. The Labute approximate surface area is 138 Å². The molecule has 0 saturated heterocycles. The number of fused-ring (bicyclic) bond motifs is 2. The van der Waals surface area contributed by atoms with E-state index in [4.69, 9.17) is 0 Å². The quantitative estimate of drug-likeness (QED) is 0.772. The van der Waals surface area contributed by atoms with Gasteiger partial charge in [0, 0.05) is 22.9 Å². The number of carbonyl (C=O) groups excluding carboxylic acids is 1. The SMILES string of the molecule is O=C(O)c1ccc2cccc(-c3cccc4c3CCCC4=O)c2n1. The molecule has 1 aliphatic rings. The van der Waals surface area contributed by atoms with Gasteiger partial charge in [0.2, 0.25) is 0 Å². The van der Waals surface area contributed by atoms with Crippen LogP contribution in [0.1, 0.15) is 39.3 Å². The summed E-state index contributed by atoms with van der Waals surface area (Å²) in [6, 6.07) is 14.8. The van der Waals surface area contributed by atoms with Crippen LogP contribution in [-0.2, 0) is 6.42 Å². The van der Waals surface area contributed by atoms with Crippen LogP contribution in [0.4, 0.5) is 0 Å². The molecule has 4 nitrogen and oxygen atoms in total. The zero-order valence-corrected chi connectivity index (χ0v) is 13.0. The van der Waals surface area contributed by atoms with E-state index in [9.17, 15) is 14.7 Å². The van der Waals surface area contributed by atoms with E-state index >= 15 is 0 Å². The molecule has 1 N–H and O–H groups in total. The minimum Gasteiger partial charge on any atom is -0.477 e. The normalized spacial score (nSPS) is 13.8. The van der Waals surface area contributed by atoms with Gasteiger partial charge >= 0.3 is 5.97 Å². The van der Waals surface area contributed by atoms with E-state index in [1.807, 2.05) is 36.4 Å². The Morgan fingerprint density at radius 1 is 0.917 bits per heavy atom. The van der Waals surface area contributed by atoms with Crippen LogP contribution in [0.3, 0.4) is 0 Å². The Hall–Kier alpha value is -3.01. The smallest absolute Gasteiger partial charge is 0.354 e. The number of benzene rings is 2. The summed E-state index contributed by atoms with van der Waals surface area (Å²) in [6.07, 6.45) is 2.29. The summed E-state index contributed by atoms with van der Waals surface area (Å²) in [5.74, 6) is -0.866. The number of pyridine rings is 1.